The van der Waals surface area contributed by atoms with Crippen molar-refractivity contribution in [1.29, 1.82) is 0 Å². The van der Waals surface area contributed by atoms with Gasteiger partial charge in [0.15, 0.2) is 5.65 Å². The van der Waals surface area contributed by atoms with Crippen LogP contribution in [0.25, 0.3) is 33.1 Å². The molecule has 0 unspecified atom stereocenters. The average molecular weight is 474 g/mol. The standard InChI is InChI=1S/C25H23N5O3S/c1-3-22(32)29-10-11-30(15(2)14-29)24-19-8-9-21(26-23(19)27-25(28-24)33-34)20-13-17(31)12-16-6-4-5-7-18(16)20/h3-9,12-13,15,31,34H,1,10-11,14H2,2H3/t15-/m1/s1. The van der Waals surface area contributed by atoms with Gasteiger partial charge in [-0.3, -0.25) is 4.79 Å². The van der Waals surface area contributed by atoms with Gasteiger partial charge in [0.1, 0.15) is 11.6 Å². The molecule has 1 fully saturated rings. The Hall–Kier alpha value is -3.85. The Morgan fingerprint density at radius 1 is 1.15 bits per heavy atom. The van der Waals surface area contributed by atoms with E-state index < -0.39 is 0 Å². The van der Waals surface area contributed by atoms with Crippen molar-refractivity contribution < 1.29 is 14.1 Å². The van der Waals surface area contributed by atoms with E-state index in [1.54, 1.807) is 17.0 Å². The van der Waals surface area contributed by atoms with Crippen molar-refractivity contribution in [3.63, 3.8) is 0 Å². The second kappa shape index (κ2) is 8.83. The van der Waals surface area contributed by atoms with Gasteiger partial charge in [-0.1, -0.05) is 30.8 Å². The molecule has 172 valence electrons. The molecular formula is C25H23N5O3S. The quantitative estimate of drug-likeness (QED) is 0.263. The van der Waals surface area contributed by atoms with Crippen molar-refractivity contribution >= 4 is 46.4 Å². The number of pyridine rings is 1. The van der Waals surface area contributed by atoms with Crippen molar-refractivity contribution in [3.8, 4) is 23.0 Å². The first-order valence-corrected chi connectivity index (χ1v) is 11.3. The van der Waals surface area contributed by atoms with E-state index in [9.17, 15) is 9.90 Å². The maximum atomic E-state index is 12.1. The summed E-state index contributed by atoms with van der Waals surface area (Å²) in [6.07, 6.45) is 1.34. The minimum absolute atomic E-state index is 0.0122. The van der Waals surface area contributed by atoms with Crippen LogP contribution >= 0.6 is 12.9 Å². The van der Waals surface area contributed by atoms with Crippen LogP contribution in [0.15, 0.2) is 61.2 Å². The number of benzene rings is 2. The number of amides is 1. The zero-order valence-corrected chi connectivity index (χ0v) is 19.4. The molecule has 0 saturated carbocycles. The van der Waals surface area contributed by atoms with E-state index in [1.165, 1.54) is 6.08 Å². The van der Waals surface area contributed by atoms with Crippen LogP contribution in [0, 0.1) is 0 Å². The SMILES string of the molecule is C=CC(=O)N1CCN(c2nc(OS)nc3nc(-c4cc(O)cc5ccccc45)ccc23)[C@H](C)C1. The van der Waals surface area contributed by atoms with Gasteiger partial charge in [-0.05, 0) is 48.0 Å². The molecule has 8 nitrogen and oxygen atoms in total. The molecule has 2 aromatic carbocycles. The second-order valence-electron chi connectivity index (χ2n) is 8.23. The van der Waals surface area contributed by atoms with Crippen molar-refractivity contribution in [2.75, 3.05) is 24.5 Å². The maximum Gasteiger partial charge on any atom is 0.332 e. The van der Waals surface area contributed by atoms with Crippen LogP contribution in [0.1, 0.15) is 6.92 Å². The molecule has 0 radical (unpaired) electrons. The summed E-state index contributed by atoms with van der Waals surface area (Å²) < 4.78 is 5.09. The number of anilines is 1. The van der Waals surface area contributed by atoms with Crippen molar-refractivity contribution in [3.05, 3.63) is 61.2 Å². The molecule has 34 heavy (non-hydrogen) atoms. The molecule has 1 N–H and O–H groups in total. The lowest BCUT2D eigenvalue weighted by Gasteiger charge is -2.40. The lowest BCUT2D eigenvalue weighted by atomic mass is 10.0. The van der Waals surface area contributed by atoms with E-state index in [1.807, 2.05) is 43.3 Å². The van der Waals surface area contributed by atoms with Gasteiger partial charge < -0.3 is 19.1 Å². The number of aromatic nitrogens is 3. The number of thiol groups is 1. The van der Waals surface area contributed by atoms with Crippen molar-refractivity contribution in [1.82, 2.24) is 19.9 Å². The lowest BCUT2D eigenvalue weighted by molar-refractivity contribution is -0.126. The molecule has 4 aromatic rings. The smallest absolute Gasteiger partial charge is 0.332 e. The van der Waals surface area contributed by atoms with Gasteiger partial charge >= 0.3 is 6.01 Å². The molecule has 1 atom stereocenters. The number of nitrogens with zero attached hydrogens (tertiary/aromatic N) is 5. The van der Waals surface area contributed by atoms with E-state index in [-0.39, 0.29) is 23.7 Å². The highest BCUT2D eigenvalue weighted by Gasteiger charge is 2.28. The van der Waals surface area contributed by atoms with E-state index in [2.05, 4.69) is 34.4 Å². The number of hydrogen-bond acceptors (Lipinski definition) is 8. The van der Waals surface area contributed by atoms with Gasteiger partial charge in [0.25, 0.3) is 0 Å². The molecule has 1 saturated heterocycles. The fourth-order valence-corrected chi connectivity index (χ4v) is 4.57. The molecule has 3 heterocycles. The summed E-state index contributed by atoms with van der Waals surface area (Å²) in [7, 11) is 0. The fourth-order valence-electron chi connectivity index (χ4n) is 4.49. The second-order valence-corrected chi connectivity index (χ2v) is 8.42. The molecule has 1 aliphatic rings. The molecule has 9 heteroatoms. The molecule has 0 aliphatic carbocycles. The number of carbonyl (C=O) groups excluding carboxylic acids is 1. The van der Waals surface area contributed by atoms with E-state index >= 15 is 0 Å². The van der Waals surface area contributed by atoms with Gasteiger partial charge in [0, 0.05) is 44.1 Å². The number of phenolic OH excluding ortho intramolecular Hbond substituents is 1. The highest BCUT2D eigenvalue weighted by atomic mass is 32.1. The summed E-state index contributed by atoms with van der Waals surface area (Å²) in [5, 5.41) is 12.9. The first-order chi connectivity index (χ1) is 16.5. The van der Waals surface area contributed by atoms with Gasteiger partial charge in [-0.2, -0.15) is 9.97 Å². The number of fused-ring (bicyclic) bond motifs is 2. The lowest BCUT2D eigenvalue weighted by Crippen LogP contribution is -2.53. The summed E-state index contributed by atoms with van der Waals surface area (Å²) in [4.78, 5) is 29.8. The first kappa shape index (κ1) is 22.0. The van der Waals surface area contributed by atoms with Crippen LogP contribution in [0.5, 0.6) is 11.8 Å². The maximum absolute atomic E-state index is 12.1. The number of phenols is 1. The summed E-state index contributed by atoms with van der Waals surface area (Å²) in [6.45, 7) is 7.32. The normalized spacial score (nSPS) is 16.1. The summed E-state index contributed by atoms with van der Waals surface area (Å²) in [6, 6.07) is 15.2. The van der Waals surface area contributed by atoms with E-state index in [4.69, 9.17) is 9.17 Å². The predicted molar refractivity (Wildman–Crippen MR) is 135 cm³/mol. The van der Waals surface area contributed by atoms with Gasteiger partial charge in [0.05, 0.1) is 11.1 Å². The summed E-state index contributed by atoms with van der Waals surface area (Å²) in [5.41, 5.74) is 1.93. The zero-order chi connectivity index (χ0) is 23.8. The molecular weight excluding hydrogens is 450 g/mol. The third-order valence-electron chi connectivity index (χ3n) is 6.11. The third kappa shape index (κ3) is 3.88. The molecule has 0 bridgehead atoms. The Labute approximate surface area is 202 Å². The molecule has 1 aliphatic heterocycles. The van der Waals surface area contributed by atoms with Crippen LogP contribution in [0.4, 0.5) is 5.82 Å². The Balaban J connectivity index is 1.60. The number of piperazine rings is 1. The molecule has 1 amide bonds. The van der Waals surface area contributed by atoms with Crippen LogP contribution in [-0.2, 0) is 4.79 Å². The van der Waals surface area contributed by atoms with E-state index in [0.717, 1.165) is 21.7 Å². The van der Waals surface area contributed by atoms with Crippen LogP contribution in [0.3, 0.4) is 0 Å². The Morgan fingerprint density at radius 3 is 2.74 bits per heavy atom. The summed E-state index contributed by atoms with van der Waals surface area (Å²) >= 11 is 3.91. The number of rotatable bonds is 4. The highest BCUT2D eigenvalue weighted by molar-refractivity contribution is 7.75. The topological polar surface area (TPSA) is 91.7 Å². The highest BCUT2D eigenvalue weighted by Crippen LogP contribution is 2.34. The summed E-state index contributed by atoms with van der Waals surface area (Å²) in [5.74, 6) is 0.759. The minimum Gasteiger partial charge on any atom is -0.508 e. The van der Waals surface area contributed by atoms with Crippen molar-refractivity contribution in [2.45, 2.75) is 13.0 Å². The largest absolute Gasteiger partial charge is 0.508 e. The van der Waals surface area contributed by atoms with Crippen LogP contribution in [-0.4, -0.2) is 56.5 Å². The number of hydrogen-bond donors (Lipinski definition) is 2. The molecule has 2 aromatic heterocycles. The van der Waals surface area contributed by atoms with E-state index in [0.29, 0.717) is 36.8 Å². The van der Waals surface area contributed by atoms with Crippen molar-refractivity contribution in [2.24, 2.45) is 0 Å². The Bertz CT molecular complexity index is 1430. The average Bonchev–Trinajstić information content (AvgIpc) is 2.86. The Kier molecular flexibility index (Phi) is 5.70. The molecule has 5 rings (SSSR count). The van der Waals surface area contributed by atoms with Crippen LogP contribution in [0.2, 0.25) is 0 Å². The minimum atomic E-state index is -0.0805. The van der Waals surface area contributed by atoms with Crippen LogP contribution < -0.4 is 9.08 Å². The third-order valence-corrected chi connectivity index (χ3v) is 6.27. The zero-order valence-electron chi connectivity index (χ0n) is 18.5. The predicted octanol–water partition coefficient (Wildman–Crippen LogP) is 4.00. The number of aromatic hydroxyl groups is 1. The first-order valence-electron chi connectivity index (χ1n) is 10.9. The van der Waals surface area contributed by atoms with Gasteiger partial charge in [-0.25, -0.2) is 4.98 Å². The monoisotopic (exact) mass is 473 g/mol. The number of carbonyl (C=O) groups is 1. The fraction of sp³-hybridized carbons (Fsp3) is 0.200. The Morgan fingerprint density at radius 2 is 1.97 bits per heavy atom. The molecule has 0 spiro atoms. The van der Waals surface area contributed by atoms with Gasteiger partial charge in [-0.15, -0.1) is 0 Å². The van der Waals surface area contributed by atoms with Gasteiger partial charge in [0.2, 0.25) is 5.91 Å².